The average molecular weight is 242 g/mol. The lowest BCUT2D eigenvalue weighted by atomic mass is 10.1. The maximum Gasteiger partial charge on any atom is 0.241 e. The van der Waals surface area contributed by atoms with Gasteiger partial charge >= 0.3 is 0 Å². The summed E-state index contributed by atoms with van der Waals surface area (Å²) >= 11 is 5.81. The molecule has 1 amide bonds. The lowest BCUT2D eigenvalue weighted by Gasteiger charge is -2.12. The largest absolute Gasteiger partial charge is 0.322 e. The van der Waals surface area contributed by atoms with E-state index in [1.54, 1.807) is 18.3 Å². The van der Waals surface area contributed by atoms with Crippen molar-refractivity contribution in [3.63, 3.8) is 0 Å². The van der Waals surface area contributed by atoms with E-state index < -0.39 is 6.04 Å². The second kappa shape index (κ2) is 6.45. The van der Waals surface area contributed by atoms with Crippen LogP contribution < -0.4 is 11.1 Å². The Balaban J connectivity index is 2.54. The second-order valence-electron chi connectivity index (χ2n) is 3.58. The topological polar surface area (TPSA) is 68.0 Å². The van der Waals surface area contributed by atoms with Crippen molar-refractivity contribution in [1.29, 1.82) is 0 Å². The van der Waals surface area contributed by atoms with Crippen molar-refractivity contribution < 1.29 is 4.79 Å². The number of anilines is 1. The molecule has 0 aliphatic heterocycles. The molecule has 4 nitrogen and oxygen atoms in total. The number of nitrogens with one attached hydrogen (secondary N) is 1. The molecule has 0 saturated carbocycles. The number of hydrogen-bond acceptors (Lipinski definition) is 3. The van der Waals surface area contributed by atoms with E-state index in [0.29, 0.717) is 12.1 Å². The third-order valence-electron chi connectivity index (χ3n) is 2.22. The van der Waals surface area contributed by atoms with Gasteiger partial charge in [-0.2, -0.15) is 0 Å². The van der Waals surface area contributed by atoms with Crippen LogP contribution in [0.3, 0.4) is 0 Å². The molecule has 0 bridgehead atoms. The summed E-state index contributed by atoms with van der Waals surface area (Å²) in [5, 5.41) is 2.94. The smallest absolute Gasteiger partial charge is 0.241 e. The Labute approximate surface area is 100 Å². The zero-order valence-electron chi connectivity index (χ0n) is 9.24. The van der Waals surface area contributed by atoms with E-state index in [9.17, 15) is 4.79 Å². The number of nitrogens with two attached hydrogens (primary N) is 1. The van der Waals surface area contributed by atoms with Crippen LogP contribution in [-0.2, 0) is 4.79 Å². The summed E-state index contributed by atoms with van der Waals surface area (Å²) in [5.41, 5.74) is 6.23. The molecule has 0 saturated heterocycles. The number of pyridine rings is 1. The molecule has 0 spiro atoms. The van der Waals surface area contributed by atoms with Crippen LogP contribution in [0.25, 0.3) is 0 Å². The first-order chi connectivity index (χ1) is 7.65. The number of nitrogens with zero attached hydrogens (tertiary/aromatic N) is 1. The van der Waals surface area contributed by atoms with Crippen molar-refractivity contribution in [2.45, 2.75) is 32.2 Å². The molecule has 0 unspecified atom stereocenters. The molecule has 5 heteroatoms. The fourth-order valence-corrected chi connectivity index (χ4v) is 1.43. The van der Waals surface area contributed by atoms with Crippen LogP contribution in [0, 0.1) is 0 Å². The molecular weight excluding hydrogens is 226 g/mol. The molecule has 1 aromatic rings. The average Bonchev–Trinajstić information content (AvgIpc) is 2.28. The number of hydrogen-bond donors (Lipinski definition) is 2. The van der Waals surface area contributed by atoms with Crippen LogP contribution in [0.4, 0.5) is 5.69 Å². The highest BCUT2D eigenvalue weighted by Crippen LogP contribution is 2.17. The van der Waals surface area contributed by atoms with E-state index in [1.165, 1.54) is 0 Å². The summed E-state index contributed by atoms with van der Waals surface area (Å²) in [6.07, 6.45) is 4.21. The summed E-state index contributed by atoms with van der Waals surface area (Å²) in [7, 11) is 0. The van der Waals surface area contributed by atoms with E-state index in [0.717, 1.165) is 12.8 Å². The van der Waals surface area contributed by atoms with Gasteiger partial charge in [0.2, 0.25) is 5.91 Å². The molecule has 0 radical (unpaired) electrons. The fraction of sp³-hybridized carbons (Fsp3) is 0.455. The Hall–Kier alpha value is -1.13. The van der Waals surface area contributed by atoms with Crippen molar-refractivity contribution in [3.05, 3.63) is 23.5 Å². The molecule has 88 valence electrons. The lowest BCUT2D eigenvalue weighted by molar-refractivity contribution is -0.117. The summed E-state index contributed by atoms with van der Waals surface area (Å²) in [6, 6.07) is 2.91. The Kier molecular flexibility index (Phi) is 5.22. The van der Waals surface area contributed by atoms with E-state index in [-0.39, 0.29) is 11.1 Å². The number of carbonyl (C=O) groups is 1. The Morgan fingerprint density at radius 2 is 2.44 bits per heavy atom. The van der Waals surface area contributed by atoms with Crippen molar-refractivity contribution in [3.8, 4) is 0 Å². The molecule has 0 aromatic carbocycles. The Bertz CT molecular complexity index is 357. The first kappa shape index (κ1) is 12.9. The highest BCUT2D eigenvalue weighted by Gasteiger charge is 2.14. The van der Waals surface area contributed by atoms with Gasteiger partial charge in [0, 0.05) is 6.20 Å². The van der Waals surface area contributed by atoms with E-state index in [2.05, 4.69) is 17.2 Å². The van der Waals surface area contributed by atoms with Gasteiger partial charge in [0.15, 0.2) is 5.15 Å². The van der Waals surface area contributed by atoms with Gasteiger partial charge < -0.3 is 11.1 Å². The van der Waals surface area contributed by atoms with Gasteiger partial charge in [-0.3, -0.25) is 4.79 Å². The lowest BCUT2D eigenvalue weighted by Crippen LogP contribution is -2.35. The van der Waals surface area contributed by atoms with E-state index in [1.807, 2.05) is 0 Å². The minimum Gasteiger partial charge on any atom is -0.322 e. The van der Waals surface area contributed by atoms with Crippen LogP contribution in [0.5, 0.6) is 0 Å². The van der Waals surface area contributed by atoms with Crippen LogP contribution in [0.1, 0.15) is 26.2 Å². The predicted molar refractivity (Wildman–Crippen MR) is 65.4 cm³/mol. The third-order valence-corrected chi connectivity index (χ3v) is 2.52. The maximum atomic E-state index is 11.6. The molecule has 3 N–H and O–H groups in total. The molecule has 0 aliphatic carbocycles. The summed E-state index contributed by atoms with van der Waals surface area (Å²) in [6.45, 7) is 2.06. The zero-order valence-corrected chi connectivity index (χ0v) is 10.00. The first-order valence-electron chi connectivity index (χ1n) is 5.32. The number of carbonyl (C=O) groups excluding carboxylic acids is 1. The Morgan fingerprint density at radius 1 is 1.69 bits per heavy atom. The molecule has 16 heavy (non-hydrogen) atoms. The van der Waals surface area contributed by atoms with Crippen LogP contribution in [0.2, 0.25) is 5.15 Å². The summed E-state index contributed by atoms with van der Waals surface area (Å²) in [4.78, 5) is 15.5. The van der Waals surface area contributed by atoms with Crippen LogP contribution in [-0.4, -0.2) is 16.9 Å². The molecular formula is C11H16ClN3O. The zero-order chi connectivity index (χ0) is 12.0. The van der Waals surface area contributed by atoms with Gasteiger partial charge in [0.25, 0.3) is 0 Å². The normalized spacial score (nSPS) is 12.2. The van der Waals surface area contributed by atoms with Crippen molar-refractivity contribution in [1.82, 2.24) is 4.98 Å². The van der Waals surface area contributed by atoms with Gasteiger partial charge in [-0.15, -0.1) is 0 Å². The number of rotatable bonds is 5. The monoisotopic (exact) mass is 241 g/mol. The third kappa shape index (κ3) is 3.79. The van der Waals surface area contributed by atoms with Gasteiger partial charge in [-0.1, -0.05) is 31.4 Å². The first-order valence-corrected chi connectivity index (χ1v) is 5.70. The maximum absolute atomic E-state index is 11.6. The second-order valence-corrected chi connectivity index (χ2v) is 3.94. The highest BCUT2D eigenvalue weighted by molar-refractivity contribution is 6.32. The molecule has 0 fully saturated rings. The van der Waals surface area contributed by atoms with Crippen LogP contribution in [0.15, 0.2) is 18.3 Å². The number of aromatic nitrogens is 1. The number of amides is 1. The molecule has 1 rings (SSSR count). The van der Waals surface area contributed by atoms with E-state index >= 15 is 0 Å². The SMILES string of the molecule is CCCC[C@H](N)C(=O)Nc1cccnc1Cl. The van der Waals surface area contributed by atoms with Gasteiger partial charge in [-0.05, 0) is 18.6 Å². The minimum atomic E-state index is -0.490. The molecule has 1 atom stereocenters. The quantitative estimate of drug-likeness (QED) is 0.777. The highest BCUT2D eigenvalue weighted by atomic mass is 35.5. The molecule has 1 aromatic heterocycles. The molecule has 1 heterocycles. The summed E-state index contributed by atoms with van der Waals surface area (Å²) in [5.74, 6) is -0.219. The standard InChI is InChI=1S/C11H16ClN3O/c1-2-3-5-8(13)11(16)15-9-6-4-7-14-10(9)12/h4,6-8H,2-3,5,13H2,1H3,(H,15,16)/t8-/m0/s1. The predicted octanol–water partition coefficient (Wildman–Crippen LogP) is 2.19. The van der Waals surface area contributed by atoms with Gasteiger partial charge in [0.05, 0.1) is 11.7 Å². The number of unbranched alkanes of at least 4 members (excludes halogenated alkanes) is 1. The molecule has 0 aliphatic rings. The minimum absolute atomic E-state index is 0.219. The van der Waals surface area contributed by atoms with E-state index in [4.69, 9.17) is 17.3 Å². The van der Waals surface area contributed by atoms with Gasteiger partial charge in [-0.25, -0.2) is 4.98 Å². The van der Waals surface area contributed by atoms with Crippen molar-refractivity contribution >= 4 is 23.2 Å². The van der Waals surface area contributed by atoms with Crippen molar-refractivity contribution in [2.24, 2.45) is 5.73 Å². The Morgan fingerprint density at radius 3 is 3.06 bits per heavy atom. The number of halogens is 1. The fourth-order valence-electron chi connectivity index (χ4n) is 1.26. The van der Waals surface area contributed by atoms with Crippen molar-refractivity contribution in [2.75, 3.05) is 5.32 Å². The summed E-state index contributed by atoms with van der Waals surface area (Å²) < 4.78 is 0. The van der Waals surface area contributed by atoms with Gasteiger partial charge in [0.1, 0.15) is 0 Å². The van der Waals surface area contributed by atoms with Crippen LogP contribution >= 0.6 is 11.6 Å².